The molecule has 6 heteroatoms. The lowest BCUT2D eigenvalue weighted by Crippen LogP contribution is -2.30. The number of hydrogen-bond acceptors (Lipinski definition) is 3. The van der Waals surface area contributed by atoms with Crippen molar-refractivity contribution in [1.29, 1.82) is 0 Å². The molecule has 0 bridgehead atoms. The first-order valence-corrected chi connectivity index (χ1v) is 9.07. The molecule has 3 aromatic rings. The number of anilines is 1. The fourth-order valence-corrected chi connectivity index (χ4v) is 3.85. The monoisotopic (exact) mass is 411 g/mol. The van der Waals surface area contributed by atoms with Crippen molar-refractivity contribution in [2.75, 3.05) is 12.0 Å². The van der Waals surface area contributed by atoms with Gasteiger partial charge in [-0.1, -0.05) is 28.1 Å². The Bertz CT molecular complexity index is 978. The van der Waals surface area contributed by atoms with E-state index in [4.69, 9.17) is 4.74 Å². The van der Waals surface area contributed by atoms with Crippen molar-refractivity contribution in [3.05, 3.63) is 75.5 Å². The van der Waals surface area contributed by atoms with Gasteiger partial charge in [-0.05, 0) is 48.9 Å². The van der Waals surface area contributed by atoms with E-state index < -0.39 is 0 Å². The molecule has 0 saturated carbocycles. The predicted molar refractivity (Wildman–Crippen MR) is 104 cm³/mol. The number of aromatic nitrogens is 2. The SMILES string of the molecule is COc1ccc(N2C(=O)c3c(c(C)nn3C)C2c2ccc(Br)cc2)cc1. The molecule has 1 atom stereocenters. The van der Waals surface area contributed by atoms with Crippen LogP contribution in [0.5, 0.6) is 5.75 Å². The summed E-state index contributed by atoms with van der Waals surface area (Å²) in [5.74, 6) is 0.720. The lowest BCUT2D eigenvalue weighted by molar-refractivity contribution is 0.0985. The summed E-state index contributed by atoms with van der Waals surface area (Å²) < 4.78 is 7.93. The van der Waals surface area contributed by atoms with Crippen LogP contribution >= 0.6 is 15.9 Å². The van der Waals surface area contributed by atoms with Gasteiger partial charge in [-0.3, -0.25) is 14.4 Å². The van der Waals surface area contributed by atoms with E-state index in [2.05, 4.69) is 21.0 Å². The number of fused-ring (bicyclic) bond motifs is 1. The van der Waals surface area contributed by atoms with Gasteiger partial charge >= 0.3 is 0 Å². The standard InChI is InChI=1S/C20H18BrN3O2/c1-12-17-18(13-4-6-14(21)7-5-13)24(20(25)19(17)23(2)22-12)15-8-10-16(26-3)11-9-15/h4-11,18H,1-3H3. The van der Waals surface area contributed by atoms with Crippen LogP contribution in [0.2, 0.25) is 0 Å². The summed E-state index contributed by atoms with van der Waals surface area (Å²) in [6, 6.07) is 15.4. The molecule has 26 heavy (non-hydrogen) atoms. The topological polar surface area (TPSA) is 47.4 Å². The van der Waals surface area contributed by atoms with Crippen molar-refractivity contribution >= 4 is 27.5 Å². The van der Waals surface area contributed by atoms with Gasteiger partial charge in [0.15, 0.2) is 0 Å². The third-order valence-corrected chi connectivity index (χ3v) is 5.29. The predicted octanol–water partition coefficient (Wildman–Crippen LogP) is 4.25. The van der Waals surface area contributed by atoms with E-state index in [-0.39, 0.29) is 11.9 Å². The minimum atomic E-state index is -0.201. The van der Waals surface area contributed by atoms with Crippen molar-refractivity contribution in [2.24, 2.45) is 7.05 Å². The number of ether oxygens (including phenoxy) is 1. The van der Waals surface area contributed by atoms with Gasteiger partial charge in [0.05, 0.1) is 18.8 Å². The molecule has 2 aromatic carbocycles. The first-order chi connectivity index (χ1) is 12.5. The summed E-state index contributed by atoms with van der Waals surface area (Å²) in [4.78, 5) is 15.1. The molecule has 1 amide bonds. The Hall–Kier alpha value is -2.60. The van der Waals surface area contributed by atoms with Gasteiger partial charge in [0.2, 0.25) is 0 Å². The van der Waals surface area contributed by atoms with Crippen molar-refractivity contribution in [3.8, 4) is 5.75 Å². The molecule has 1 aliphatic rings. The lowest BCUT2D eigenvalue weighted by Gasteiger charge is -2.26. The molecule has 0 spiro atoms. The molecule has 5 nitrogen and oxygen atoms in total. The van der Waals surface area contributed by atoms with Gasteiger partial charge in [0, 0.05) is 22.8 Å². The molecular formula is C20H18BrN3O2. The zero-order valence-corrected chi connectivity index (χ0v) is 16.3. The zero-order valence-electron chi connectivity index (χ0n) is 14.7. The number of benzene rings is 2. The van der Waals surface area contributed by atoms with Gasteiger partial charge in [-0.25, -0.2) is 0 Å². The smallest absolute Gasteiger partial charge is 0.277 e. The Labute approximate surface area is 160 Å². The number of carbonyl (C=O) groups is 1. The van der Waals surface area contributed by atoms with E-state index >= 15 is 0 Å². The molecule has 0 aliphatic carbocycles. The number of aryl methyl sites for hydroxylation is 2. The highest BCUT2D eigenvalue weighted by molar-refractivity contribution is 9.10. The van der Waals surface area contributed by atoms with E-state index in [1.807, 2.05) is 67.4 Å². The molecule has 0 saturated heterocycles. The van der Waals surface area contributed by atoms with Crippen LogP contribution in [0.3, 0.4) is 0 Å². The van der Waals surface area contributed by atoms with Crippen LogP contribution in [-0.4, -0.2) is 22.8 Å². The summed E-state index contributed by atoms with van der Waals surface area (Å²) in [6.45, 7) is 1.95. The maximum absolute atomic E-state index is 13.3. The van der Waals surface area contributed by atoms with Crippen molar-refractivity contribution < 1.29 is 9.53 Å². The number of nitrogens with zero attached hydrogens (tertiary/aromatic N) is 3. The summed E-state index contributed by atoms with van der Waals surface area (Å²) in [5.41, 5.74) is 4.37. The molecule has 0 fully saturated rings. The van der Waals surface area contributed by atoms with E-state index in [1.165, 1.54) is 0 Å². The summed E-state index contributed by atoms with van der Waals surface area (Å²) in [7, 11) is 3.45. The average Bonchev–Trinajstić information content (AvgIpc) is 3.11. The summed E-state index contributed by atoms with van der Waals surface area (Å²) >= 11 is 3.48. The van der Waals surface area contributed by atoms with Gasteiger partial charge < -0.3 is 4.74 Å². The molecule has 4 rings (SSSR count). The number of halogens is 1. The first kappa shape index (κ1) is 16.8. The first-order valence-electron chi connectivity index (χ1n) is 8.28. The number of carbonyl (C=O) groups excluding carboxylic acids is 1. The quantitative estimate of drug-likeness (QED) is 0.646. The van der Waals surface area contributed by atoms with E-state index in [0.29, 0.717) is 5.69 Å². The summed E-state index contributed by atoms with van der Waals surface area (Å²) in [5, 5.41) is 4.47. The van der Waals surface area contributed by atoms with Crippen LogP contribution in [0.15, 0.2) is 53.0 Å². The summed E-state index contributed by atoms with van der Waals surface area (Å²) in [6.07, 6.45) is 0. The van der Waals surface area contributed by atoms with Gasteiger partial charge in [0.1, 0.15) is 11.4 Å². The molecule has 132 valence electrons. The Balaban J connectivity index is 1.89. The molecular weight excluding hydrogens is 394 g/mol. The van der Waals surface area contributed by atoms with Crippen LogP contribution in [0.4, 0.5) is 5.69 Å². The largest absolute Gasteiger partial charge is 0.497 e. The maximum Gasteiger partial charge on any atom is 0.277 e. The third-order valence-electron chi connectivity index (χ3n) is 4.76. The Morgan fingerprint density at radius 3 is 2.35 bits per heavy atom. The fourth-order valence-electron chi connectivity index (χ4n) is 3.59. The number of methoxy groups -OCH3 is 1. The van der Waals surface area contributed by atoms with E-state index in [0.717, 1.165) is 32.7 Å². The highest BCUT2D eigenvalue weighted by Gasteiger charge is 2.43. The highest BCUT2D eigenvalue weighted by atomic mass is 79.9. The molecule has 1 unspecified atom stereocenters. The Morgan fingerprint density at radius 1 is 1.08 bits per heavy atom. The molecule has 2 heterocycles. The second kappa shape index (κ2) is 6.29. The third kappa shape index (κ3) is 2.52. The maximum atomic E-state index is 13.3. The lowest BCUT2D eigenvalue weighted by atomic mass is 9.99. The van der Waals surface area contributed by atoms with E-state index in [1.54, 1.807) is 11.8 Å². The second-order valence-corrected chi connectivity index (χ2v) is 7.21. The Kier molecular flexibility index (Phi) is 4.07. The van der Waals surface area contributed by atoms with Gasteiger partial charge in [0.25, 0.3) is 5.91 Å². The minimum absolute atomic E-state index is 0.0406. The fraction of sp³-hybridized carbons (Fsp3) is 0.200. The molecule has 1 aliphatic heterocycles. The van der Waals surface area contributed by atoms with Crippen molar-refractivity contribution in [2.45, 2.75) is 13.0 Å². The highest BCUT2D eigenvalue weighted by Crippen LogP contribution is 2.43. The van der Waals surface area contributed by atoms with Crippen LogP contribution in [0.1, 0.15) is 33.4 Å². The van der Waals surface area contributed by atoms with Gasteiger partial charge in [-0.15, -0.1) is 0 Å². The Morgan fingerprint density at radius 2 is 1.73 bits per heavy atom. The number of rotatable bonds is 3. The minimum Gasteiger partial charge on any atom is -0.497 e. The number of hydrogen-bond donors (Lipinski definition) is 0. The van der Waals surface area contributed by atoms with Crippen LogP contribution in [0, 0.1) is 6.92 Å². The molecule has 0 N–H and O–H groups in total. The van der Waals surface area contributed by atoms with Crippen molar-refractivity contribution in [3.63, 3.8) is 0 Å². The van der Waals surface area contributed by atoms with Crippen molar-refractivity contribution in [1.82, 2.24) is 9.78 Å². The van der Waals surface area contributed by atoms with Crippen LogP contribution in [-0.2, 0) is 7.05 Å². The van der Waals surface area contributed by atoms with Crippen LogP contribution in [0.25, 0.3) is 0 Å². The van der Waals surface area contributed by atoms with E-state index in [9.17, 15) is 4.79 Å². The van der Waals surface area contributed by atoms with Crippen LogP contribution < -0.4 is 9.64 Å². The second-order valence-electron chi connectivity index (χ2n) is 6.30. The number of amides is 1. The molecule has 0 radical (unpaired) electrons. The zero-order chi connectivity index (χ0) is 18.4. The normalized spacial score (nSPS) is 16.1. The van der Waals surface area contributed by atoms with Gasteiger partial charge in [-0.2, -0.15) is 5.10 Å². The molecule has 1 aromatic heterocycles. The average molecular weight is 412 g/mol.